The van der Waals surface area contributed by atoms with Gasteiger partial charge < -0.3 is 0 Å². The van der Waals surface area contributed by atoms with E-state index in [4.69, 9.17) is 11.6 Å². The van der Waals surface area contributed by atoms with Crippen LogP contribution in [0.2, 0.25) is 0 Å². The van der Waals surface area contributed by atoms with Crippen molar-refractivity contribution in [3.63, 3.8) is 0 Å². The third-order valence-electron chi connectivity index (χ3n) is 4.43. The maximum atomic E-state index is 6.86. The van der Waals surface area contributed by atoms with Gasteiger partial charge in [-0.2, -0.15) is 0 Å². The molecule has 1 atom stereocenters. The number of rotatable bonds is 6. The highest BCUT2D eigenvalue weighted by Crippen LogP contribution is 2.44. The summed E-state index contributed by atoms with van der Waals surface area (Å²) in [6.45, 7) is 13.5. The highest BCUT2D eigenvalue weighted by molar-refractivity contribution is 6.21. The minimum atomic E-state index is 0.105. The highest BCUT2D eigenvalue weighted by atomic mass is 35.5. The van der Waals surface area contributed by atoms with Crippen molar-refractivity contribution in [3.05, 3.63) is 34.4 Å². The van der Waals surface area contributed by atoms with Crippen LogP contribution in [-0.2, 0) is 19.3 Å². The van der Waals surface area contributed by atoms with Crippen molar-refractivity contribution >= 4 is 11.6 Å². The molecule has 108 valence electrons. The molecule has 0 aliphatic heterocycles. The molecule has 1 aromatic carbocycles. The third-order valence-corrected chi connectivity index (χ3v) is 5.24. The fourth-order valence-corrected chi connectivity index (χ4v) is 2.97. The first-order valence-corrected chi connectivity index (χ1v) is 8.13. The summed E-state index contributed by atoms with van der Waals surface area (Å²) < 4.78 is 0. The lowest BCUT2D eigenvalue weighted by Crippen LogP contribution is -2.20. The second-order valence-corrected chi connectivity index (χ2v) is 6.53. The van der Waals surface area contributed by atoms with Gasteiger partial charge in [0.05, 0.1) is 5.38 Å². The Kier molecular flexibility index (Phi) is 5.92. The zero-order chi connectivity index (χ0) is 14.6. The van der Waals surface area contributed by atoms with Gasteiger partial charge >= 0.3 is 0 Å². The molecular weight excluding hydrogens is 252 g/mol. The average molecular weight is 281 g/mol. The summed E-state index contributed by atoms with van der Waals surface area (Å²) in [5.41, 5.74) is 5.87. The largest absolute Gasteiger partial charge is 0.117 e. The Morgan fingerprint density at radius 1 is 0.947 bits per heavy atom. The Bertz CT molecular complexity index is 393. The summed E-state index contributed by atoms with van der Waals surface area (Å²) >= 11 is 6.86. The number of benzene rings is 1. The van der Waals surface area contributed by atoms with Gasteiger partial charge in [0.1, 0.15) is 0 Å². The minimum Gasteiger partial charge on any atom is -0.117 e. The Balaban J connectivity index is 3.39. The van der Waals surface area contributed by atoms with Gasteiger partial charge in [0.2, 0.25) is 0 Å². The Labute approximate surface area is 124 Å². The first-order valence-electron chi connectivity index (χ1n) is 7.69. The molecule has 19 heavy (non-hydrogen) atoms. The Morgan fingerprint density at radius 3 is 1.74 bits per heavy atom. The van der Waals surface area contributed by atoms with Crippen LogP contribution in [0.1, 0.15) is 75.6 Å². The highest BCUT2D eigenvalue weighted by Gasteiger charge is 2.30. The van der Waals surface area contributed by atoms with Crippen LogP contribution >= 0.6 is 11.6 Å². The number of halogens is 1. The van der Waals surface area contributed by atoms with E-state index in [1.807, 2.05) is 0 Å². The van der Waals surface area contributed by atoms with Gasteiger partial charge in [-0.3, -0.25) is 0 Å². The molecule has 0 saturated heterocycles. The van der Waals surface area contributed by atoms with Crippen molar-refractivity contribution in [1.29, 1.82) is 0 Å². The van der Waals surface area contributed by atoms with Gasteiger partial charge in [0, 0.05) is 0 Å². The van der Waals surface area contributed by atoms with Crippen LogP contribution in [0.15, 0.2) is 12.1 Å². The van der Waals surface area contributed by atoms with Crippen molar-refractivity contribution in [2.45, 2.75) is 72.6 Å². The van der Waals surface area contributed by atoms with Gasteiger partial charge in [0.15, 0.2) is 0 Å². The van der Waals surface area contributed by atoms with Crippen molar-refractivity contribution in [3.8, 4) is 0 Å². The number of hydrogen-bond donors (Lipinski definition) is 0. The maximum Gasteiger partial charge on any atom is 0.0641 e. The lowest BCUT2D eigenvalue weighted by atomic mass is 9.78. The smallest absolute Gasteiger partial charge is 0.0641 e. The number of alkyl halides is 1. The summed E-state index contributed by atoms with van der Waals surface area (Å²) in [6, 6.07) is 4.71. The summed E-state index contributed by atoms with van der Waals surface area (Å²) in [6.07, 6.45) is 4.34. The molecule has 0 bridgehead atoms. The first-order chi connectivity index (χ1) is 8.91. The molecule has 0 N–H and O–H groups in total. The minimum absolute atomic E-state index is 0.105. The van der Waals surface area contributed by atoms with E-state index < -0.39 is 0 Å². The van der Waals surface area contributed by atoms with Gasteiger partial charge in [-0.05, 0) is 53.4 Å². The van der Waals surface area contributed by atoms with Gasteiger partial charge in [0.25, 0.3) is 0 Å². The number of aryl methyl sites for hydroxylation is 3. The lowest BCUT2D eigenvalue weighted by Gasteiger charge is -2.32. The Hall–Kier alpha value is -0.490. The maximum absolute atomic E-state index is 6.86. The van der Waals surface area contributed by atoms with E-state index >= 15 is 0 Å². The van der Waals surface area contributed by atoms with E-state index in [9.17, 15) is 0 Å². The van der Waals surface area contributed by atoms with E-state index in [-0.39, 0.29) is 10.8 Å². The molecule has 0 nitrogen and oxygen atoms in total. The fraction of sp³-hybridized carbons (Fsp3) is 0.667. The lowest BCUT2D eigenvalue weighted by molar-refractivity contribution is 0.334. The van der Waals surface area contributed by atoms with E-state index in [1.54, 1.807) is 0 Å². The van der Waals surface area contributed by atoms with E-state index in [1.165, 1.54) is 22.3 Å². The number of hydrogen-bond acceptors (Lipinski definition) is 0. The van der Waals surface area contributed by atoms with Crippen LogP contribution in [0.4, 0.5) is 0 Å². The molecule has 0 spiro atoms. The third kappa shape index (κ3) is 3.54. The molecule has 1 heteroatoms. The average Bonchev–Trinajstić information content (AvgIpc) is 2.44. The van der Waals surface area contributed by atoms with E-state index in [2.05, 4.69) is 53.7 Å². The predicted octanol–water partition coefficient (Wildman–Crippen LogP) is 6.09. The van der Waals surface area contributed by atoms with Crippen molar-refractivity contribution in [2.75, 3.05) is 0 Å². The predicted molar refractivity (Wildman–Crippen MR) is 87.2 cm³/mol. The fourth-order valence-electron chi connectivity index (χ4n) is 2.54. The van der Waals surface area contributed by atoms with Crippen molar-refractivity contribution < 1.29 is 0 Å². The molecule has 1 aromatic rings. The SMILES string of the molecule is CCc1cc(CC)c(C(Cl)C(C)(C)CC)c(CC)c1. The molecule has 0 amide bonds. The molecule has 0 aliphatic rings. The van der Waals surface area contributed by atoms with Crippen molar-refractivity contribution in [2.24, 2.45) is 5.41 Å². The molecule has 1 unspecified atom stereocenters. The zero-order valence-corrected chi connectivity index (χ0v) is 14.2. The quantitative estimate of drug-likeness (QED) is 0.553. The summed E-state index contributed by atoms with van der Waals surface area (Å²) in [7, 11) is 0. The van der Waals surface area contributed by atoms with Crippen LogP contribution in [0.5, 0.6) is 0 Å². The second kappa shape index (κ2) is 6.79. The molecule has 0 fully saturated rings. The Morgan fingerprint density at radius 2 is 1.42 bits per heavy atom. The van der Waals surface area contributed by atoms with Crippen molar-refractivity contribution in [1.82, 2.24) is 0 Å². The normalized spacial score (nSPS) is 13.6. The monoisotopic (exact) mass is 280 g/mol. The molecule has 0 saturated carbocycles. The summed E-state index contributed by atoms with van der Waals surface area (Å²) in [5, 5.41) is 0.105. The molecule has 1 rings (SSSR count). The van der Waals surface area contributed by atoms with E-state index in [0.29, 0.717) is 0 Å². The van der Waals surface area contributed by atoms with Crippen LogP contribution in [-0.4, -0.2) is 0 Å². The first kappa shape index (κ1) is 16.6. The molecule has 0 radical (unpaired) electrons. The van der Waals surface area contributed by atoms with Crippen LogP contribution in [0.25, 0.3) is 0 Å². The second-order valence-electron chi connectivity index (χ2n) is 6.09. The van der Waals surface area contributed by atoms with Gasteiger partial charge in [-0.25, -0.2) is 0 Å². The molecule has 0 aliphatic carbocycles. The molecule has 0 aromatic heterocycles. The van der Waals surface area contributed by atoms with Gasteiger partial charge in [-0.1, -0.05) is 53.7 Å². The molecular formula is C18H29Cl. The standard InChI is InChI=1S/C18H29Cl/c1-7-13-11-14(8-2)16(15(9-3)12-13)17(19)18(5,6)10-4/h11-12,17H,7-10H2,1-6H3. The zero-order valence-electron chi connectivity index (χ0n) is 13.4. The molecule has 0 heterocycles. The van der Waals surface area contributed by atoms with Crippen LogP contribution in [0.3, 0.4) is 0 Å². The summed E-state index contributed by atoms with van der Waals surface area (Å²) in [4.78, 5) is 0. The van der Waals surface area contributed by atoms with Crippen LogP contribution in [0, 0.1) is 5.41 Å². The van der Waals surface area contributed by atoms with Gasteiger partial charge in [-0.15, -0.1) is 11.6 Å². The topological polar surface area (TPSA) is 0 Å². The van der Waals surface area contributed by atoms with E-state index in [0.717, 1.165) is 25.7 Å². The van der Waals surface area contributed by atoms with Crippen LogP contribution < -0.4 is 0 Å². The summed E-state index contributed by atoms with van der Waals surface area (Å²) in [5.74, 6) is 0.